The van der Waals surface area contributed by atoms with E-state index in [1.54, 1.807) is 0 Å². The van der Waals surface area contributed by atoms with E-state index < -0.39 is 5.41 Å². The van der Waals surface area contributed by atoms with Gasteiger partial charge in [0.25, 0.3) is 0 Å². The Kier molecular flexibility index (Phi) is 9.07. The van der Waals surface area contributed by atoms with Crippen LogP contribution >= 0.6 is 0 Å². The summed E-state index contributed by atoms with van der Waals surface area (Å²) in [5.41, 5.74) is 16.9. The van der Waals surface area contributed by atoms with Crippen molar-refractivity contribution in [2.45, 2.75) is 5.41 Å². The predicted molar refractivity (Wildman–Crippen MR) is 327 cm³/mol. The molecular formula is C73H40N8O2. The van der Waals surface area contributed by atoms with Gasteiger partial charge in [0.05, 0.1) is 114 Å². The largest absolute Gasteiger partial charge is 0.457 e. The third-order valence-corrected chi connectivity index (χ3v) is 17.4. The van der Waals surface area contributed by atoms with Crippen molar-refractivity contribution in [2.75, 3.05) is 4.90 Å². The third kappa shape index (κ3) is 6.07. The fourth-order valence-corrected chi connectivity index (χ4v) is 14.0. The lowest BCUT2D eigenvalue weighted by Gasteiger charge is -2.40. The summed E-state index contributed by atoms with van der Waals surface area (Å²) in [7, 11) is 0. The second-order valence-electron chi connectivity index (χ2n) is 21.5. The van der Waals surface area contributed by atoms with Crippen LogP contribution in [-0.2, 0) is 5.41 Å². The summed E-state index contributed by atoms with van der Waals surface area (Å²) in [5.74, 6) is 2.84. The number of anilines is 3. The van der Waals surface area contributed by atoms with Gasteiger partial charge in [-0.25, -0.2) is 0 Å². The van der Waals surface area contributed by atoms with E-state index in [4.69, 9.17) is 19.4 Å². The minimum Gasteiger partial charge on any atom is -0.457 e. The monoisotopic (exact) mass is 1060 g/mol. The van der Waals surface area contributed by atoms with Crippen molar-refractivity contribution in [2.24, 2.45) is 0 Å². The van der Waals surface area contributed by atoms with E-state index >= 15 is 0 Å². The number of benzene rings is 10. The summed E-state index contributed by atoms with van der Waals surface area (Å²) in [6.07, 6.45) is 3.96. The van der Waals surface area contributed by atoms with Crippen LogP contribution < -0.4 is 14.4 Å². The molecule has 5 aromatic heterocycles. The van der Waals surface area contributed by atoms with E-state index in [-0.39, 0.29) is 0 Å². The van der Waals surface area contributed by atoms with Crippen LogP contribution in [0, 0.1) is 22.7 Å². The van der Waals surface area contributed by atoms with Crippen molar-refractivity contribution in [3.05, 3.63) is 276 Å². The number of fused-ring (bicyclic) bond motifs is 20. The maximum Gasteiger partial charge on any atom is 0.151 e. The molecule has 384 valence electrons. The van der Waals surface area contributed by atoms with Gasteiger partial charge < -0.3 is 28.1 Å². The van der Waals surface area contributed by atoms with Crippen molar-refractivity contribution in [1.29, 1.82) is 10.5 Å². The first-order valence-electron chi connectivity index (χ1n) is 27.6. The summed E-state index contributed by atoms with van der Waals surface area (Å²) < 4.78 is 21.0. The molecule has 15 aromatic rings. The lowest BCUT2D eigenvalue weighted by molar-refractivity contribution is 0.436. The van der Waals surface area contributed by atoms with Crippen LogP contribution in [0.25, 0.3) is 93.9 Å². The van der Waals surface area contributed by atoms with E-state index in [1.165, 1.54) is 0 Å². The Balaban J connectivity index is 0.958. The average Bonchev–Trinajstić information content (AvgIpc) is 2.02. The van der Waals surface area contributed by atoms with Crippen LogP contribution in [0.5, 0.6) is 23.0 Å². The molecule has 0 fully saturated rings. The van der Waals surface area contributed by atoms with Gasteiger partial charge in [-0.3, -0.25) is 9.97 Å². The Morgan fingerprint density at radius 1 is 0.325 bits per heavy atom. The first-order chi connectivity index (χ1) is 41.0. The van der Waals surface area contributed by atoms with E-state index in [2.05, 4.69) is 176 Å². The van der Waals surface area contributed by atoms with Gasteiger partial charge in [0.1, 0.15) is 11.5 Å². The van der Waals surface area contributed by atoms with Gasteiger partial charge in [0.15, 0.2) is 11.5 Å². The smallest absolute Gasteiger partial charge is 0.151 e. The molecule has 10 heteroatoms. The molecular weight excluding hydrogens is 1020 g/mol. The van der Waals surface area contributed by atoms with Gasteiger partial charge in [0.2, 0.25) is 0 Å². The molecule has 7 heterocycles. The Morgan fingerprint density at radius 3 is 1.19 bits per heavy atom. The van der Waals surface area contributed by atoms with Gasteiger partial charge >= 0.3 is 0 Å². The van der Waals surface area contributed by atoms with Gasteiger partial charge in [0, 0.05) is 72.4 Å². The lowest BCUT2D eigenvalue weighted by atomic mass is 9.66. The molecule has 0 amide bonds. The molecule has 83 heavy (non-hydrogen) atoms. The molecule has 10 aromatic carbocycles. The number of ether oxygens (including phenoxy) is 2. The van der Waals surface area contributed by atoms with Crippen molar-refractivity contribution < 1.29 is 9.47 Å². The van der Waals surface area contributed by atoms with Crippen LogP contribution in [0.15, 0.2) is 243 Å². The van der Waals surface area contributed by atoms with Crippen LogP contribution in [-0.4, -0.2) is 23.7 Å². The van der Waals surface area contributed by atoms with Crippen molar-refractivity contribution in [3.8, 4) is 63.6 Å². The SMILES string of the molecule is N#Cc1ccc2c(c1)c1ccccc1n2-c1ccc2c(c1)Oc1cc(N3c4ccccc4Oc4ccccc43)ccc1C21c2cc(-n3c4ccccc4c4ccccc43)cnc2-c2ncc(-n3c4ccccc4c4cc(C#N)ccc43)cc21. The maximum absolute atomic E-state index is 10.1. The molecule has 0 saturated heterocycles. The van der Waals surface area contributed by atoms with Gasteiger partial charge in [-0.1, -0.05) is 109 Å². The molecule has 3 aliphatic rings. The number of rotatable bonds is 4. The number of pyridine rings is 2. The van der Waals surface area contributed by atoms with Crippen LogP contribution in [0.3, 0.4) is 0 Å². The zero-order chi connectivity index (χ0) is 54.7. The quantitative estimate of drug-likeness (QED) is 0.173. The fraction of sp³-hybridized carbons (Fsp3) is 0.0137. The summed E-state index contributed by atoms with van der Waals surface area (Å²) >= 11 is 0. The van der Waals surface area contributed by atoms with Gasteiger partial charge in [-0.2, -0.15) is 10.5 Å². The van der Waals surface area contributed by atoms with E-state index in [9.17, 15) is 10.5 Å². The molecule has 0 N–H and O–H groups in total. The minimum absolute atomic E-state index is 0.595. The lowest BCUT2D eigenvalue weighted by Crippen LogP contribution is -2.33. The van der Waals surface area contributed by atoms with Crippen molar-refractivity contribution >= 4 is 82.5 Å². The first kappa shape index (κ1) is 45.2. The summed E-state index contributed by atoms with van der Waals surface area (Å²) in [4.78, 5) is 13.3. The number of hydrogen-bond acceptors (Lipinski definition) is 7. The highest BCUT2D eigenvalue weighted by Crippen LogP contribution is 2.63. The highest BCUT2D eigenvalue weighted by Gasteiger charge is 2.53. The molecule has 10 nitrogen and oxygen atoms in total. The maximum atomic E-state index is 10.1. The number of hydrogen-bond donors (Lipinski definition) is 0. The molecule has 1 atom stereocenters. The Hall–Kier alpha value is -11.7. The summed E-state index contributed by atoms with van der Waals surface area (Å²) in [6.45, 7) is 0. The Bertz CT molecular complexity index is 5380. The predicted octanol–water partition coefficient (Wildman–Crippen LogP) is 17.6. The van der Waals surface area contributed by atoms with Crippen molar-refractivity contribution in [1.82, 2.24) is 23.7 Å². The average molecular weight is 1060 g/mol. The summed E-state index contributed by atoms with van der Waals surface area (Å²) in [5, 5.41) is 26.6. The van der Waals surface area contributed by atoms with Gasteiger partial charge in [-0.15, -0.1) is 0 Å². The Labute approximate surface area is 474 Å². The van der Waals surface area contributed by atoms with E-state index in [0.717, 1.165) is 145 Å². The zero-order valence-corrected chi connectivity index (χ0v) is 44.0. The second-order valence-corrected chi connectivity index (χ2v) is 21.5. The minimum atomic E-state index is -1.08. The number of nitrogens with zero attached hydrogens (tertiary/aromatic N) is 8. The topological polar surface area (TPSA) is 110 Å². The molecule has 0 bridgehead atoms. The van der Waals surface area contributed by atoms with Crippen LogP contribution in [0.4, 0.5) is 17.1 Å². The molecule has 2 aliphatic heterocycles. The number of para-hydroxylation sites is 8. The summed E-state index contributed by atoms with van der Waals surface area (Å²) in [6, 6.07) is 84.6. The molecule has 0 saturated carbocycles. The fourth-order valence-electron chi connectivity index (χ4n) is 14.0. The molecule has 1 aliphatic carbocycles. The van der Waals surface area contributed by atoms with E-state index in [0.29, 0.717) is 22.6 Å². The Morgan fingerprint density at radius 2 is 0.711 bits per heavy atom. The standard InChI is InChI=1S/C73H40N8O2/c74-39-43-25-31-63-53(33-43)51-15-3-7-19-61(51)78(63)45-27-29-55-69(37-45)83-70-38-46(79-65-21-9-11-23-67(65)82-68-24-12-10-22-66(68)79)28-30-56(70)73(55)57-35-47(80-59-17-5-1-13-49(59)50-14-2-6-18-60(50)80)41-76-71(57)72-58(73)36-48(42-77-72)81-62-20-8-4-16-52(62)54-34-44(40-75)26-32-64(54)81/h1-38,41-42H. The van der Waals surface area contributed by atoms with Crippen molar-refractivity contribution in [3.63, 3.8) is 0 Å². The van der Waals surface area contributed by atoms with Crippen LogP contribution in [0.2, 0.25) is 0 Å². The normalized spacial score (nSPS) is 14.5. The van der Waals surface area contributed by atoms with Crippen LogP contribution in [0.1, 0.15) is 33.4 Å². The highest BCUT2D eigenvalue weighted by molar-refractivity contribution is 6.12. The number of nitriles is 2. The third-order valence-electron chi connectivity index (χ3n) is 17.4. The highest BCUT2D eigenvalue weighted by atomic mass is 16.5. The first-order valence-corrected chi connectivity index (χ1v) is 27.6. The number of aromatic nitrogens is 5. The molecule has 1 spiro atoms. The molecule has 18 rings (SSSR count). The molecule has 1 unspecified atom stereocenters. The second kappa shape index (κ2) is 16.7. The van der Waals surface area contributed by atoms with E-state index in [1.807, 2.05) is 97.3 Å². The van der Waals surface area contributed by atoms with Gasteiger partial charge in [-0.05, 0) is 109 Å². The zero-order valence-electron chi connectivity index (χ0n) is 44.0. The molecule has 0 radical (unpaired) electrons.